The van der Waals surface area contributed by atoms with Gasteiger partial charge >= 0.3 is 0 Å². The second-order valence-corrected chi connectivity index (χ2v) is 7.13. The zero-order valence-electron chi connectivity index (χ0n) is 11.5. The lowest BCUT2D eigenvalue weighted by molar-refractivity contribution is -0.118. The average molecular weight is 383 g/mol. The third-order valence-corrected chi connectivity index (χ3v) is 5.43. The Bertz CT molecular complexity index is 640. The maximum absolute atomic E-state index is 11.7. The SMILES string of the molecule is Cc1ccsc1C=NNC(=O)CSCc1ccccc1Br. The van der Waals surface area contributed by atoms with Crippen LogP contribution in [-0.4, -0.2) is 17.9 Å². The summed E-state index contributed by atoms with van der Waals surface area (Å²) in [6, 6.07) is 10.1. The van der Waals surface area contributed by atoms with E-state index >= 15 is 0 Å². The van der Waals surface area contributed by atoms with Gasteiger partial charge in [-0.25, -0.2) is 5.43 Å². The quantitative estimate of drug-likeness (QED) is 0.600. The van der Waals surface area contributed by atoms with Gasteiger partial charge in [0.05, 0.1) is 12.0 Å². The van der Waals surface area contributed by atoms with Crippen LogP contribution in [-0.2, 0) is 10.5 Å². The number of amides is 1. The fraction of sp³-hybridized carbons (Fsp3) is 0.200. The number of thioether (sulfide) groups is 1. The highest BCUT2D eigenvalue weighted by Crippen LogP contribution is 2.21. The highest BCUT2D eigenvalue weighted by Gasteiger charge is 2.03. The maximum Gasteiger partial charge on any atom is 0.250 e. The van der Waals surface area contributed by atoms with E-state index in [1.54, 1.807) is 29.3 Å². The number of nitrogens with one attached hydrogen (secondary N) is 1. The Hall–Kier alpha value is -1.11. The molecule has 0 radical (unpaired) electrons. The molecule has 2 aromatic rings. The van der Waals surface area contributed by atoms with Crippen LogP contribution >= 0.6 is 39.0 Å². The Kier molecular flexibility index (Phi) is 6.48. The van der Waals surface area contributed by atoms with Crippen LogP contribution in [0.3, 0.4) is 0 Å². The molecule has 0 bridgehead atoms. The fourth-order valence-electron chi connectivity index (χ4n) is 1.58. The number of benzene rings is 1. The molecule has 0 aliphatic carbocycles. The van der Waals surface area contributed by atoms with Gasteiger partial charge in [-0.05, 0) is 35.6 Å². The standard InChI is InChI=1S/C15H15BrN2OS2/c1-11-6-7-21-14(11)8-17-18-15(19)10-20-9-12-4-2-3-5-13(12)16/h2-8H,9-10H2,1H3,(H,18,19). The van der Waals surface area contributed by atoms with E-state index in [9.17, 15) is 4.79 Å². The van der Waals surface area contributed by atoms with E-state index in [-0.39, 0.29) is 5.91 Å². The molecule has 1 heterocycles. The number of hydrogen-bond acceptors (Lipinski definition) is 4. The summed E-state index contributed by atoms with van der Waals surface area (Å²) in [5.74, 6) is 1.10. The minimum atomic E-state index is -0.0856. The van der Waals surface area contributed by atoms with E-state index in [2.05, 4.69) is 26.5 Å². The third-order valence-electron chi connectivity index (χ3n) is 2.72. The van der Waals surface area contributed by atoms with Gasteiger partial charge in [-0.2, -0.15) is 5.10 Å². The topological polar surface area (TPSA) is 41.5 Å². The number of aryl methyl sites for hydroxylation is 1. The molecule has 6 heteroatoms. The van der Waals surface area contributed by atoms with Gasteiger partial charge in [0.1, 0.15) is 0 Å². The predicted octanol–water partition coefficient (Wildman–Crippen LogP) is 4.20. The van der Waals surface area contributed by atoms with Gasteiger partial charge in [0, 0.05) is 15.1 Å². The summed E-state index contributed by atoms with van der Waals surface area (Å²) in [7, 11) is 0. The normalized spacial score (nSPS) is 11.0. The molecule has 21 heavy (non-hydrogen) atoms. The van der Waals surface area contributed by atoms with Crippen LogP contribution in [0.15, 0.2) is 45.3 Å². The van der Waals surface area contributed by atoms with Crippen LogP contribution in [0.25, 0.3) is 0 Å². The third kappa shape index (κ3) is 5.30. The largest absolute Gasteiger partial charge is 0.272 e. The number of carbonyl (C=O) groups excluding carboxylic acids is 1. The minimum absolute atomic E-state index is 0.0856. The van der Waals surface area contributed by atoms with Crippen LogP contribution < -0.4 is 5.43 Å². The number of hydrazone groups is 1. The lowest BCUT2D eigenvalue weighted by atomic mass is 10.2. The van der Waals surface area contributed by atoms with Crippen molar-refractivity contribution in [3.05, 3.63) is 56.2 Å². The van der Waals surface area contributed by atoms with Crippen LogP contribution in [0.5, 0.6) is 0 Å². The average Bonchev–Trinajstić information content (AvgIpc) is 2.87. The highest BCUT2D eigenvalue weighted by atomic mass is 79.9. The summed E-state index contributed by atoms with van der Waals surface area (Å²) in [5.41, 5.74) is 4.91. The second-order valence-electron chi connectivity index (χ2n) is 4.35. The second kappa shape index (κ2) is 8.36. The first-order valence-electron chi connectivity index (χ1n) is 6.34. The van der Waals surface area contributed by atoms with Crippen LogP contribution in [0.1, 0.15) is 16.0 Å². The van der Waals surface area contributed by atoms with Gasteiger partial charge in [-0.3, -0.25) is 4.79 Å². The van der Waals surface area contributed by atoms with E-state index < -0.39 is 0 Å². The van der Waals surface area contributed by atoms with E-state index in [1.165, 1.54) is 11.1 Å². The Morgan fingerprint density at radius 3 is 2.95 bits per heavy atom. The van der Waals surface area contributed by atoms with Gasteiger partial charge in [0.2, 0.25) is 5.91 Å². The molecule has 0 aliphatic rings. The summed E-state index contributed by atoms with van der Waals surface area (Å²) in [6.45, 7) is 2.02. The summed E-state index contributed by atoms with van der Waals surface area (Å²) >= 11 is 6.67. The summed E-state index contributed by atoms with van der Waals surface area (Å²) in [5, 5.41) is 5.99. The Balaban J connectivity index is 1.72. The van der Waals surface area contributed by atoms with E-state index in [1.807, 2.05) is 42.6 Å². The first-order chi connectivity index (χ1) is 10.2. The van der Waals surface area contributed by atoms with Crippen LogP contribution in [0.2, 0.25) is 0 Å². The molecule has 2 rings (SSSR count). The van der Waals surface area contributed by atoms with Crippen molar-refractivity contribution in [2.45, 2.75) is 12.7 Å². The smallest absolute Gasteiger partial charge is 0.250 e. The molecule has 0 aliphatic heterocycles. The van der Waals surface area contributed by atoms with Crippen molar-refractivity contribution in [2.24, 2.45) is 5.10 Å². The summed E-state index contributed by atoms with van der Waals surface area (Å²) in [6.07, 6.45) is 1.69. The Labute approximate surface area is 141 Å². The molecule has 1 aromatic heterocycles. The highest BCUT2D eigenvalue weighted by molar-refractivity contribution is 9.10. The fourth-order valence-corrected chi connectivity index (χ4v) is 3.80. The number of thiophene rings is 1. The zero-order chi connectivity index (χ0) is 15.1. The van der Waals surface area contributed by atoms with Crippen LogP contribution in [0.4, 0.5) is 0 Å². The maximum atomic E-state index is 11.7. The monoisotopic (exact) mass is 382 g/mol. The van der Waals surface area contributed by atoms with Crippen molar-refractivity contribution in [1.82, 2.24) is 5.43 Å². The van der Waals surface area contributed by atoms with Gasteiger partial charge < -0.3 is 0 Å². The summed E-state index contributed by atoms with van der Waals surface area (Å²) in [4.78, 5) is 12.7. The molecular formula is C15H15BrN2OS2. The first-order valence-corrected chi connectivity index (χ1v) is 9.16. The molecule has 0 unspecified atom stereocenters. The van der Waals surface area contributed by atoms with Gasteiger partial charge in [-0.15, -0.1) is 23.1 Å². The van der Waals surface area contributed by atoms with Gasteiger partial charge in [-0.1, -0.05) is 34.1 Å². The molecule has 110 valence electrons. The molecule has 3 nitrogen and oxygen atoms in total. The molecule has 0 spiro atoms. The Morgan fingerprint density at radius 1 is 1.43 bits per heavy atom. The molecule has 1 amide bonds. The lowest BCUT2D eigenvalue weighted by Gasteiger charge is -2.03. The van der Waals surface area contributed by atoms with Crippen molar-refractivity contribution in [3.8, 4) is 0 Å². The van der Waals surface area contributed by atoms with Crippen molar-refractivity contribution < 1.29 is 4.79 Å². The zero-order valence-corrected chi connectivity index (χ0v) is 14.7. The Morgan fingerprint density at radius 2 is 2.24 bits per heavy atom. The molecule has 1 aromatic carbocycles. The number of rotatable bonds is 6. The van der Waals surface area contributed by atoms with Crippen molar-refractivity contribution in [1.29, 1.82) is 0 Å². The number of nitrogens with zero attached hydrogens (tertiary/aromatic N) is 1. The molecule has 0 saturated carbocycles. The number of hydrogen-bond donors (Lipinski definition) is 1. The number of carbonyl (C=O) groups is 1. The molecule has 1 N–H and O–H groups in total. The molecule has 0 fully saturated rings. The van der Waals surface area contributed by atoms with E-state index in [4.69, 9.17) is 0 Å². The molecule has 0 saturated heterocycles. The van der Waals surface area contributed by atoms with Crippen molar-refractivity contribution in [2.75, 3.05) is 5.75 Å². The van der Waals surface area contributed by atoms with Crippen molar-refractivity contribution in [3.63, 3.8) is 0 Å². The van der Waals surface area contributed by atoms with Gasteiger partial charge in [0.25, 0.3) is 0 Å². The first kappa shape index (κ1) is 16.3. The predicted molar refractivity (Wildman–Crippen MR) is 95.1 cm³/mol. The molecular weight excluding hydrogens is 368 g/mol. The van der Waals surface area contributed by atoms with E-state index in [0.717, 1.165) is 15.1 Å². The van der Waals surface area contributed by atoms with Gasteiger partial charge in [0.15, 0.2) is 0 Å². The van der Waals surface area contributed by atoms with Crippen LogP contribution in [0, 0.1) is 6.92 Å². The summed E-state index contributed by atoms with van der Waals surface area (Å²) < 4.78 is 1.07. The molecule has 0 atom stereocenters. The minimum Gasteiger partial charge on any atom is -0.272 e. The van der Waals surface area contributed by atoms with E-state index in [0.29, 0.717) is 5.75 Å². The van der Waals surface area contributed by atoms with Crippen molar-refractivity contribution >= 4 is 51.2 Å². The lowest BCUT2D eigenvalue weighted by Crippen LogP contribution is -2.19. The number of halogens is 1.